The lowest BCUT2D eigenvalue weighted by molar-refractivity contribution is -0.144. The highest BCUT2D eigenvalue weighted by molar-refractivity contribution is 5.71. The number of hydrogen-bond donors (Lipinski definition) is 1. The zero-order valence-corrected chi connectivity index (χ0v) is 10.9. The van der Waals surface area contributed by atoms with Crippen molar-refractivity contribution in [2.75, 3.05) is 0 Å². The Morgan fingerprint density at radius 2 is 1.88 bits per heavy atom. The second-order valence-electron chi connectivity index (χ2n) is 4.67. The Hall–Kier alpha value is -0.970. The first-order chi connectivity index (χ1) is 7.50. The third kappa shape index (κ3) is 5.80. The molecule has 1 N–H and O–H groups in total. The van der Waals surface area contributed by atoms with Crippen molar-refractivity contribution >= 4 is 5.97 Å². The van der Waals surface area contributed by atoms with Crippen LogP contribution in [0, 0.1) is 29.6 Å². The molecule has 92 valence electrons. The van der Waals surface area contributed by atoms with E-state index in [2.05, 4.69) is 18.8 Å². The first-order valence-corrected chi connectivity index (χ1v) is 6.21. The van der Waals surface area contributed by atoms with Crippen LogP contribution in [0.15, 0.2) is 0 Å². The average Bonchev–Trinajstić information content (AvgIpc) is 2.16. The summed E-state index contributed by atoms with van der Waals surface area (Å²) in [5, 5.41) is 9.09. The molecule has 2 nitrogen and oxygen atoms in total. The molecule has 0 amide bonds. The van der Waals surface area contributed by atoms with Gasteiger partial charge in [-0.05, 0) is 12.3 Å². The fraction of sp³-hybridized carbons (Fsp3) is 0.786. The number of aliphatic carboxylic acids is 1. The smallest absolute Gasteiger partial charge is 0.308 e. The molecule has 0 bridgehead atoms. The predicted molar refractivity (Wildman–Crippen MR) is 67.0 cm³/mol. The van der Waals surface area contributed by atoms with E-state index in [9.17, 15) is 4.79 Å². The Labute approximate surface area is 99.4 Å². The number of rotatable bonds is 6. The Morgan fingerprint density at radius 3 is 2.31 bits per heavy atom. The standard InChI is InChI=1S/C14H24O2/c1-5-6-7-8-9-10-12(4)13(11(2)3)14(15)16/h11-13H,5-8H2,1-4H3,(H,15,16). The fourth-order valence-electron chi connectivity index (χ4n) is 1.86. The van der Waals surface area contributed by atoms with E-state index in [-0.39, 0.29) is 17.8 Å². The van der Waals surface area contributed by atoms with Crippen LogP contribution in [-0.4, -0.2) is 11.1 Å². The molecule has 16 heavy (non-hydrogen) atoms. The molecule has 0 aromatic carbocycles. The lowest BCUT2D eigenvalue weighted by Crippen LogP contribution is -2.25. The van der Waals surface area contributed by atoms with Gasteiger partial charge in [-0.25, -0.2) is 0 Å². The Bertz CT molecular complexity index is 258. The van der Waals surface area contributed by atoms with Crippen LogP contribution in [0.5, 0.6) is 0 Å². The van der Waals surface area contributed by atoms with Gasteiger partial charge in [-0.2, -0.15) is 0 Å². The van der Waals surface area contributed by atoms with Gasteiger partial charge in [0.25, 0.3) is 0 Å². The normalized spacial score (nSPS) is 14.1. The summed E-state index contributed by atoms with van der Waals surface area (Å²) in [6, 6.07) is 0. The minimum Gasteiger partial charge on any atom is -0.481 e. The molecular formula is C14H24O2. The van der Waals surface area contributed by atoms with Crippen LogP contribution in [0.3, 0.4) is 0 Å². The number of unbranched alkanes of at least 4 members (excludes halogenated alkanes) is 3. The molecule has 2 heteroatoms. The van der Waals surface area contributed by atoms with Gasteiger partial charge in [0.05, 0.1) is 5.92 Å². The maximum Gasteiger partial charge on any atom is 0.308 e. The lowest BCUT2D eigenvalue weighted by Gasteiger charge is -2.18. The lowest BCUT2D eigenvalue weighted by atomic mass is 9.85. The minimum atomic E-state index is -0.731. The molecule has 0 rings (SSSR count). The third-order valence-electron chi connectivity index (χ3n) is 2.78. The molecule has 0 radical (unpaired) electrons. The quantitative estimate of drug-likeness (QED) is 0.553. The zero-order chi connectivity index (χ0) is 12.6. The van der Waals surface area contributed by atoms with E-state index in [4.69, 9.17) is 5.11 Å². The van der Waals surface area contributed by atoms with E-state index >= 15 is 0 Å². The Kier molecular flexibility index (Phi) is 7.72. The van der Waals surface area contributed by atoms with Crippen LogP contribution >= 0.6 is 0 Å². The molecule has 0 saturated carbocycles. The SMILES string of the molecule is CCCCCC#CC(C)C(C(=O)O)C(C)C. The number of carbonyl (C=O) groups is 1. The summed E-state index contributed by atoms with van der Waals surface area (Å²) < 4.78 is 0. The zero-order valence-electron chi connectivity index (χ0n) is 10.9. The molecule has 0 fully saturated rings. The topological polar surface area (TPSA) is 37.3 Å². The molecule has 0 aromatic rings. The van der Waals surface area contributed by atoms with Crippen molar-refractivity contribution in [3.63, 3.8) is 0 Å². The van der Waals surface area contributed by atoms with E-state index in [0.717, 1.165) is 12.8 Å². The van der Waals surface area contributed by atoms with Gasteiger partial charge in [0.1, 0.15) is 0 Å². The van der Waals surface area contributed by atoms with E-state index in [1.165, 1.54) is 12.8 Å². The minimum absolute atomic E-state index is 0.0564. The van der Waals surface area contributed by atoms with Crippen LogP contribution in [0.2, 0.25) is 0 Å². The van der Waals surface area contributed by atoms with E-state index in [0.29, 0.717) is 0 Å². The van der Waals surface area contributed by atoms with Crippen LogP contribution in [0.1, 0.15) is 53.4 Å². The summed E-state index contributed by atoms with van der Waals surface area (Å²) in [6.07, 6.45) is 4.41. The van der Waals surface area contributed by atoms with Crippen molar-refractivity contribution < 1.29 is 9.90 Å². The van der Waals surface area contributed by atoms with Crippen LogP contribution in [0.25, 0.3) is 0 Å². The van der Waals surface area contributed by atoms with E-state index in [1.54, 1.807) is 0 Å². The highest BCUT2D eigenvalue weighted by atomic mass is 16.4. The first-order valence-electron chi connectivity index (χ1n) is 6.21. The van der Waals surface area contributed by atoms with Crippen molar-refractivity contribution in [3.05, 3.63) is 0 Å². The maximum absolute atomic E-state index is 11.0. The van der Waals surface area contributed by atoms with Gasteiger partial charge in [-0.1, -0.05) is 46.5 Å². The van der Waals surface area contributed by atoms with Crippen molar-refractivity contribution in [2.24, 2.45) is 17.8 Å². The summed E-state index contributed by atoms with van der Waals surface area (Å²) >= 11 is 0. The van der Waals surface area contributed by atoms with Crippen LogP contribution < -0.4 is 0 Å². The second-order valence-corrected chi connectivity index (χ2v) is 4.67. The van der Waals surface area contributed by atoms with Crippen LogP contribution in [-0.2, 0) is 4.79 Å². The van der Waals surface area contributed by atoms with Gasteiger partial charge in [-0.3, -0.25) is 4.79 Å². The first kappa shape index (κ1) is 15.0. The molecule has 2 unspecified atom stereocenters. The average molecular weight is 224 g/mol. The van der Waals surface area contributed by atoms with Crippen LogP contribution in [0.4, 0.5) is 0 Å². The Morgan fingerprint density at radius 1 is 1.25 bits per heavy atom. The van der Waals surface area contributed by atoms with Gasteiger partial charge in [0.15, 0.2) is 0 Å². The van der Waals surface area contributed by atoms with Gasteiger partial charge in [-0.15, -0.1) is 5.92 Å². The van der Waals surface area contributed by atoms with Crippen molar-refractivity contribution in [1.29, 1.82) is 0 Å². The molecule has 0 spiro atoms. The molecule has 0 heterocycles. The summed E-state index contributed by atoms with van der Waals surface area (Å²) in [5.41, 5.74) is 0. The highest BCUT2D eigenvalue weighted by Crippen LogP contribution is 2.20. The molecule has 0 aromatic heterocycles. The van der Waals surface area contributed by atoms with Crippen molar-refractivity contribution in [2.45, 2.75) is 53.4 Å². The molecule has 2 atom stereocenters. The Balaban J connectivity index is 4.19. The van der Waals surface area contributed by atoms with Crippen molar-refractivity contribution in [1.82, 2.24) is 0 Å². The van der Waals surface area contributed by atoms with Gasteiger partial charge < -0.3 is 5.11 Å². The monoisotopic (exact) mass is 224 g/mol. The third-order valence-corrected chi connectivity index (χ3v) is 2.78. The highest BCUT2D eigenvalue weighted by Gasteiger charge is 2.26. The summed E-state index contributed by atoms with van der Waals surface area (Å²) in [6.45, 7) is 7.95. The van der Waals surface area contributed by atoms with Gasteiger partial charge in [0, 0.05) is 12.3 Å². The summed E-state index contributed by atoms with van der Waals surface area (Å²) in [7, 11) is 0. The fourth-order valence-corrected chi connectivity index (χ4v) is 1.86. The van der Waals surface area contributed by atoms with Gasteiger partial charge >= 0.3 is 5.97 Å². The summed E-state index contributed by atoms with van der Waals surface area (Å²) in [5.74, 6) is 5.17. The molecule has 0 aliphatic rings. The van der Waals surface area contributed by atoms with E-state index < -0.39 is 5.97 Å². The number of carboxylic acid groups (broad SMARTS) is 1. The second kappa shape index (κ2) is 8.21. The molecule has 0 saturated heterocycles. The molecular weight excluding hydrogens is 200 g/mol. The molecule has 0 aliphatic carbocycles. The number of hydrogen-bond acceptors (Lipinski definition) is 1. The maximum atomic E-state index is 11.0. The largest absolute Gasteiger partial charge is 0.481 e. The van der Waals surface area contributed by atoms with Crippen molar-refractivity contribution in [3.8, 4) is 11.8 Å². The van der Waals surface area contributed by atoms with Gasteiger partial charge in [0.2, 0.25) is 0 Å². The van der Waals surface area contributed by atoms with E-state index in [1.807, 2.05) is 20.8 Å². The summed E-state index contributed by atoms with van der Waals surface area (Å²) in [4.78, 5) is 11.0. The number of carboxylic acids is 1. The predicted octanol–water partition coefficient (Wildman–Crippen LogP) is 3.56. The molecule has 0 aliphatic heterocycles.